The van der Waals surface area contributed by atoms with E-state index in [1.165, 1.54) is 13.3 Å². The third-order valence-electron chi connectivity index (χ3n) is 2.79. The van der Waals surface area contributed by atoms with Crippen LogP contribution in [0.15, 0.2) is 0 Å². The van der Waals surface area contributed by atoms with Gasteiger partial charge in [-0.25, -0.2) is 4.79 Å². The van der Waals surface area contributed by atoms with Crippen LogP contribution in [0.5, 0.6) is 0 Å². The third kappa shape index (κ3) is 4.04. The maximum atomic E-state index is 13.2. The average molecular weight is 235 g/mol. The minimum Gasteiger partial charge on any atom is -0.462 e. The number of nitrogens with one attached hydrogen (secondary N) is 1. The highest BCUT2D eigenvalue weighted by Crippen LogP contribution is 2.20. The Bertz CT molecular complexity index is 228. The molecule has 1 rings (SSSR count). The van der Waals surface area contributed by atoms with E-state index in [0.29, 0.717) is 0 Å². The van der Waals surface area contributed by atoms with E-state index >= 15 is 0 Å². The number of carbonyl (C=O) groups is 1. The van der Waals surface area contributed by atoms with Crippen LogP contribution in [0.3, 0.4) is 0 Å². The number of ether oxygens (including phenoxy) is 1. The Labute approximate surface area is 94.5 Å². The van der Waals surface area contributed by atoms with Crippen LogP contribution < -0.4 is 5.32 Å². The van der Waals surface area contributed by atoms with E-state index in [-0.39, 0.29) is 12.6 Å². The summed E-state index contributed by atoms with van der Waals surface area (Å²) in [6.45, 7) is 0.886. The molecule has 0 unspecified atom stereocenters. The highest BCUT2D eigenvalue weighted by Gasteiger charge is 2.40. The third-order valence-corrected chi connectivity index (χ3v) is 2.79. The van der Waals surface area contributed by atoms with Crippen molar-refractivity contribution >= 4 is 5.97 Å². The van der Waals surface area contributed by atoms with Crippen LogP contribution in [0.1, 0.15) is 39.0 Å². The number of carbonyl (C=O) groups excluding carboxylic acids is 1. The van der Waals surface area contributed by atoms with Crippen LogP contribution in [0.2, 0.25) is 0 Å². The van der Waals surface area contributed by atoms with Crippen molar-refractivity contribution in [3.05, 3.63) is 0 Å². The van der Waals surface area contributed by atoms with Crippen molar-refractivity contribution in [2.45, 2.75) is 51.0 Å². The predicted molar refractivity (Wildman–Crippen MR) is 56.5 cm³/mol. The molecule has 1 saturated carbocycles. The zero-order valence-corrected chi connectivity index (χ0v) is 9.60. The van der Waals surface area contributed by atoms with Crippen LogP contribution in [0, 0.1) is 0 Å². The summed E-state index contributed by atoms with van der Waals surface area (Å²) in [4.78, 5) is 10.9. The molecule has 94 valence electrons. The number of esters is 1. The van der Waals surface area contributed by atoms with Gasteiger partial charge in [0.25, 0.3) is 0 Å². The topological polar surface area (TPSA) is 38.3 Å². The first-order valence-electron chi connectivity index (χ1n) is 5.84. The molecular formula is C11H19F2NO2. The van der Waals surface area contributed by atoms with Gasteiger partial charge in [0.1, 0.15) is 0 Å². The van der Waals surface area contributed by atoms with Gasteiger partial charge in [-0.15, -0.1) is 0 Å². The highest BCUT2D eigenvalue weighted by atomic mass is 19.3. The monoisotopic (exact) mass is 235 g/mol. The summed E-state index contributed by atoms with van der Waals surface area (Å²) in [5.74, 6) is -4.84. The fraction of sp³-hybridized carbons (Fsp3) is 0.909. The largest absolute Gasteiger partial charge is 0.462 e. The van der Waals surface area contributed by atoms with E-state index in [1.807, 2.05) is 0 Å². The Hall–Kier alpha value is -0.710. The second kappa shape index (κ2) is 6.13. The zero-order chi connectivity index (χ0) is 12.0. The summed E-state index contributed by atoms with van der Waals surface area (Å²) in [5, 5.41) is 2.75. The molecule has 5 heteroatoms. The normalized spacial score (nSPS) is 18.4. The molecule has 0 aliphatic heterocycles. The van der Waals surface area contributed by atoms with Crippen LogP contribution in [0.25, 0.3) is 0 Å². The maximum Gasteiger partial charge on any atom is 0.378 e. The number of hydrogen-bond donors (Lipinski definition) is 1. The van der Waals surface area contributed by atoms with E-state index in [1.54, 1.807) is 0 Å². The predicted octanol–water partition coefficient (Wildman–Crippen LogP) is 2.11. The van der Waals surface area contributed by atoms with Crippen molar-refractivity contribution in [3.8, 4) is 0 Å². The zero-order valence-electron chi connectivity index (χ0n) is 9.60. The molecule has 0 aromatic carbocycles. The van der Waals surface area contributed by atoms with Crippen molar-refractivity contribution in [2.75, 3.05) is 13.2 Å². The van der Waals surface area contributed by atoms with Gasteiger partial charge >= 0.3 is 11.9 Å². The summed E-state index contributed by atoms with van der Waals surface area (Å²) in [6, 6.07) is 0.119. The highest BCUT2D eigenvalue weighted by molar-refractivity contribution is 5.77. The van der Waals surface area contributed by atoms with E-state index in [0.717, 1.165) is 25.7 Å². The lowest BCUT2D eigenvalue weighted by Gasteiger charge is -2.24. The summed E-state index contributed by atoms with van der Waals surface area (Å²) in [7, 11) is 0. The van der Waals surface area contributed by atoms with Gasteiger partial charge in [0.2, 0.25) is 0 Å². The quantitative estimate of drug-likeness (QED) is 0.742. The van der Waals surface area contributed by atoms with Gasteiger partial charge in [-0.1, -0.05) is 19.3 Å². The van der Waals surface area contributed by atoms with Gasteiger partial charge in [-0.05, 0) is 19.8 Å². The molecular weight excluding hydrogens is 216 g/mol. The number of halogens is 2. The van der Waals surface area contributed by atoms with Gasteiger partial charge in [0.15, 0.2) is 0 Å². The SMILES string of the molecule is CCOC(=O)C(F)(F)CNC1CCCCC1. The van der Waals surface area contributed by atoms with E-state index in [4.69, 9.17) is 0 Å². The smallest absolute Gasteiger partial charge is 0.378 e. The summed E-state index contributed by atoms with van der Waals surface area (Å²) < 4.78 is 30.8. The van der Waals surface area contributed by atoms with Crippen LogP contribution in [0.4, 0.5) is 8.78 Å². The molecule has 16 heavy (non-hydrogen) atoms. The Morgan fingerprint density at radius 1 is 1.38 bits per heavy atom. The first kappa shape index (κ1) is 13.4. The fourth-order valence-corrected chi connectivity index (χ4v) is 1.89. The Kier molecular flexibility index (Phi) is 5.12. The minimum atomic E-state index is -3.41. The minimum absolute atomic E-state index is 0.0160. The molecule has 0 saturated heterocycles. The molecule has 1 aliphatic rings. The molecule has 1 aliphatic carbocycles. The van der Waals surface area contributed by atoms with Crippen LogP contribution in [-0.2, 0) is 9.53 Å². The Balaban J connectivity index is 2.31. The first-order chi connectivity index (χ1) is 7.56. The molecule has 0 aromatic rings. The fourth-order valence-electron chi connectivity index (χ4n) is 1.89. The summed E-state index contributed by atoms with van der Waals surface area (Å²) in [6.07, 6.45) is 5.15. The standard InChI is InChI=1S/C11H19F2NO2/c1-2-16-10(15)11(12,13)8-14-9-6-4-3-5-7-9/h9,14H,2-8H2,1H3. The van der Waals surface area contributed by atoms with Crippen molar-refractivity contribution in [2.24, 2.45) is 0 Å². The summed E-state index contributed by atoms with van der Waals surface area (Å²) in [5.41, 5.74) is 0. The molecule has 0 heterocycles. The second-order valence-corrected chi connectivity index (χ2v) is 4.14. The lowest BCUT2D eigenvalue weighted by Crippen LogP contribution is -2.45. The lowest BCUT2D eigenvalue weighted by molar-refractivity contribution is -0.170. The molecule has 0 spiro atoms. The van der Waals surface area contributed by atoms with Gasteiger partial charge in [0.05, 0.1) is 13.2 Å². The molecule has 0 bridgehead atoms. The number of rotatable bonds is 5. The Morgan fingerprint density at radius 3 is 2.56 bits per heavy atom. The Morgan fingerprint density at radius 2 is 2.00 bits per heavy atom. The second-order valence-electron chi connectivity index (χ2n) is 4.14. The molecule has 0 aromatic heterocycles. The molecule has 0 amide bonds. The molecule has 0 radical (unpaired) electrons. The van der Waals surface area contributed by atoms with E-state index in [2.05, 4.69) is 10.1 Å². The van der Waals surface area contributed by atoms with Gasteiger partial charge in [-0.2, -0.15) is 8.78 Å². The molecule has 3 nitrogen and oxygen atoms in total. The number of alkyl halides is 2. The molecule has 1 N–H and O–H groups in total. The van der Waals surface area contributed by atoms with Gasteiger partial charge in [0, 0.05) is 6.04 Å². The van der Waals surface area contributed by atoms with Crippen molar-refractivity contribution < 1.29 is 18.3 Å². The maximum absolute atomic E-state index is 13.2. The molecule has 1 fully saturated rings. The average Bonchev–Trinajstić information content (AvgIpc) is 2.28. The lowest BCUT2D eigenvalue weighted by atomic mass is 9.95. The van der Waals surface area contributed by atoms with Crippen molar-refractivity contribution in [1.29, 1.82) is 0 Å². The van der Waals surface area contributed by atoms with E-state index < -0.39 is 18.4 Å². The van der Waals surface area contributed by atoms with Crippen LogP contribution >= 0.6 is 0 Å². The molecule has 0 atom stereocenters. The van der Waals surface area contributed by atoms with Crippen molar-refractivity contribution in [3.63, 3.8) is 0 Å². The van der Waals surface area contributed by atoms with Gasteiger partial charge in [-0.3, -0.25) is 0 Å². The summed E-state index contributed by atoms with van der Waals surface area (Å²) >= 11 is 0. The van der Waals surface area contributed by atoms with Crippen molar-refractivity contribution in [1.82, 2.24) is 5.32 Å². The van der Waals surface area contributed by atoms with Crippen LogP contribution in [-0.4, -0.2) is 31.1 Å². The van der Waals surface area contributed by atoms with E-state index in [9.17, 15) is 13.6 Å². The first-order valence-corrected chi connectivity index (χ1v) is 5.84. The number of hydrogen-bond acceptors (Lipinski definition) is 3. The van der Waals surface area contributed by atoms with Gasteiger partial charge < -0.3 is 10.1 Å².